The van der Waals surface area contributed by atoms with Crippen LogP contribution in [0.5, 0.6) is 0 Å². The van der Waals surface area contributed by atoms with E-state index in [0.29, 0.717) is 0 Å². The molecule has 3 nitrogen and oxygen atoms in total. The van der Waals surface area contributed by atoms with Gasteiger partial charge in [-0.05, 0) is 49.4 Å². The first kappa shape index (κ1) is 13.2. The van der Waals surface area contributed by atoms with Crippen molar-refractivity contribution in [3.63, 3.8) is 0 Å². The third-order valence-corrected chi connectivity index (χ3v) is 3.85. The summed E-state index contributed by atoms with van der Waals surface area (Å²) < 4.78 is 0. The van der Waals surface area contributed by atoms with Gasteiger partial charge in [-0.1, -0.05) is 6.92 Å². The number of fused-ring (bicyclic) bond motifs is 1. The minimum atomic E-state index is -0.103. The molecule has 4 heteroatoms. The summed E-state index contributed by atoms with van der Waals surface area (Å²) in [7, 11) is 0. The van der Waals surface area contributed by atoms with Gasteiger partial charge in [0.25, 0.3) is 0 Å². The summed E-state index contributed by atoms with van der Waals surface area (Å²) in [5.41, 5.74) is 3.36. The van der Waals surface area contributed by atoms with Gasteiger partial charge in [0.2, 0.25) is 5.91 Å². The molecule has 0 atom stereocenters. The van der Waals surface area contributed by atoms with E-state index in [4.69, 9.17) is 0 Å². The average Bonchev–Trinajstić information content (AvgIpc) is 3.09. The second-order valence-corrected chi connectivity index (χ2v) is 5.42. The molecule has 3 rings (SSSR count). The van der Waals surface area contributed by atoms with E-state index >= 15 is 0 Å². The maximum Gasteiger partial charge on any atom is 0.230 e. The van der Waals surface area contributed by atoms with Gasteiger partial charge in [0.15, 0.2) is 0 Å². The highest BCUT2D eigenvalue weighted by atomic mass is 35.5. The van der Waals surface area contributed by atoms with Crippen molar-refractivity contribution in [3.05, 3.63) is 23.8 Å². The molecule has 2 N–H and O–H groups in total. The lowest BCUT2D eigenvalue weighted by molar-refractivity contribution is -0.120. The Kier molecular flexibility index (Phi) is 3.53. The van der Waals surface area contributed by atoms with Crippen LogP contribution in [0.4, 0.5) is 11.4 Å². The second kappa shape index (κ2) is 4.81. The van der Waals surface area contributed by atoms with Crippen LogP contribution in [0.15, 0.2) is 18.2 Å². The summed E-state index contributed by atoms with van der Waals surface area (Å²) in [6.07, 6.45) is 4.31. The largest absolute Gasteiger partial charge is 0.385 e. The van der Waals surface area contributed by atoms with Gasteiger partial charge in [0.1, 0.15) is 0 Å². The van der Waals surface area contributed by atoms with E-state index in [-0.39, 0.29) is 23.7 Å². The number of carbonyl (C=O) groups is 1. The number of nitrogens with one attached hydrogen (secondary N) is 2. The monoisotopic (exact) mass is 266 g/mol. The minimum Gasteiger partial charge on any atom is -0.385 e. The summed E-state index contributed by atoms with van der Waals surface area (Å²) >= 11 is 0. The van der Waals surface area contributed by atoms with Crippen LogP contribution in [-0.2, 0) is 11.2 Å². The third kappa shape index (κ3) is 2.46. The lowest BCUT2D eigenvalue weighted by Crippen LogP contribution is -2.21. The van der Waals surface area contributed by atoms with Crippen LogP contribution in [0, 0.1) is 5.41 Å². The molecule has 0 bridgehead atoms. The number of halogens is 1. The number of anilines is 2. The molecule has 0 radical (unpaired) electrons. The Morgan fingerprint density at radius 3 is 2.89 bits per heavy atom. The van der Waals surface area contributed by atoms with Gasteiger partial charge in [0, 0.05) is 23.3 Å². The van der Waals surface area contributed by atoms with Crippen molar-refractivity contribution in [2.24, 2.45) is 5.41 Å². The van der Waals surface area contributed by atoms with E-state index in [1.807, 2.05) is 13.0 Å². The first-order valence-corrected chi connectivity index (χ1v) is 6.36. The third-order valence-electron chi connectivity index (χ3n) is 3.85. The lowest BCUT2D eigenvalue weighted by Gasteiger charge is -2.19. The molecule has 1 amide bonds. The van der Waals surface area contributed by atoms with Gasteiger partial charge in [-0.2, -0.15) is 0 Å². The molecule has 1 heterocycles. The van der Waals surface area contributed by atoms with E-state index in [1.54, 1.807) is 0 Å². The van der Waals surface area contributed by atoms with Crippen LogP contribution in [-0.4, -0.2) is 12.5 Å². The number of hydrogen-bond acceptors (Lipinski definition) is 2. The number of hydrogen-bond donors (Lipinski definition) is 2. The van der Waals surface area contributed by atoms with Gasteiger partial charge < -0.3 is 10.6 Å². The number of amides is 1. The fraction of sp³-hybridized carbons (Fsp3) is 0.500. The normalized spacial score (nSPS) is 18.9. The fourth-order valence-corrected chi connectivity index (χ4v) is 2.25. The Morgan fingerprint density at radius 2 is 2.17 bits per heavy atom. The Hall–Kier alpha value is -1.22. The molecule has 98 valence electrons. The van der Waals surface area contributed by atoms with Crippen LogP contribution in [0.3, 0.4) is 0 Å². The molecule has 0 saturated heterocycles. The molecule has 1 saturated carbocycles. The van der Waals surface area contributed by atoms with Gasteiger partial charge in [0.05, 0.1) is 0 Å². The predicted octanol–water partition coefficient (Wildman–Crippen LogP) is 3.21. The lowest BCUT2D eigenvalue weighted by atomic mass is 10.0. The molecular weight excluding hydrogens is 248 g/mol. The Morgan fingerprint density at radius 1 is 1.39 bits per heavy atom. The smallest absolute Gasteiger partial charge is 0.230 e. The molecule has 0 aromatic heterocycles. The number of rotatable bonds is 2. The summed E-state index contributed by atoms with van der Waals surface area (Å²) in [6, 6.07) is 6.16. The Bertz CT molecular complexity index is 469. The summed E-state index contributed by atoms with van der Waals surface area (Å²) in [6.45, 7) is 3.08. The zero-order valence-corrected chi connectivity index (χ0v) is 11.4. The number of aryl methyl sites for hydroxylation is 1. The van der Waals surface area contributed by atoms with Crippen LogP contribution in [0.2, 0.25) is 0 Å². The molecule has 0 unspecified atom stereocenters. The van der Waals surface area contributed by atoms with Crippen molar-refractivity contribution in [3.8, 4) is 0 Å². The first-order valence-electron chi connectivity index (χ1n) is 6.36. The predicted molar refractivity (Wildman–Crippen MR) is 76.5 cm³/mol. The van der Waals surface area contributed by atoms with E-state index in [0.717, 1.165) is 31.5 Å². The maximum atomic E-state index is 11.9. The van der Waals surface area contributed by atoms with Crippen LogP contribution in [0.25, 0.3) is 0 Å². The van der Waals surface area contributed by atoms with E-state index in [9.17, 15) is 4.79 Å². The highest BCUT2D eigenvalue weighted by Gasteiger charge is 2.44. The van der Waals surface area contributed by atoms with Crippen molar-refractivity contribution >= 4 is 29.7 Å². The Balaban J connectivity index is 0.00000120. The van der Waals surface area contributed by atoms with Gasteiger partial charge in [-0.3, -0.25) is 4.79 Å². The standard InChI is InChI=1S/C14H18N2O.ClH/c1-14(6-7-14)13(17)16-11-4-5-12-10(9-11)3-2-8-15-12;/h4-5,9,15H,2-3,6-8H2,1H3,(H,16,17);1H. The molecule has 18 heavy (non-hydrogen) atoms. The second-order valence-electron chi connectivity index (χ2n) is 5.42. The van der Waals surface area contributed by atoms with Gasteiger partial charge >= 0.3 is 0 Å². The molecule has 1 aliphatic carbocycles. The molecule has 0 spiro atoms. The van der Waals surface area contributed by atoms with Crippen LogP contribution in [0.1, 0.15) is 31.7 Å². The van der Waals surface area contributed by atoms with Crippen molar-refractivity contribution < 1.29 is 4.79 Å². The topological polar surface area (TPSA) is 41.1 Å². The van der Waals surface area contributed by atoms with Gasteiger partial charge in [-0.25, -0.2) is 0 Å². The maximum absolute atomic E-state index is 11.9. The van der Waals surface area contributed by atoms with Crippen LogP contribution >= 0.6 is 12.4 Å². The van der Waals surface area contributed by atoms with Crippen molar-refractivity contribution in [1.29, 1.82) is 0 Å². The minimum absolute atomic E-state index is 0. The number of carbonyl (C=O) groups excluding carboxylic acids is 1. The van der Waals surface area contributed by atoms with Gasteiger partial charge in [-0.15, -0.1) is 12.4 Å². The molecule has 1 fully saturated rings. The zero-order chi connectivity index (χ0) is 11.9. The summed E-state index contributed by atoms with van der Waals surface area (Å²) in [5, 5.41) is 6.40. The van der Waals surface area contributed by atoms with Crippen molar-refractivity contribution in [2.75, 3.05) is 17.2 Å². The molecule has 2 aliphatic rings. The Labute approximate surface area is 114 Å². The number of benzene rings is 1. The highest BCUT2D eigenvalue weighted by Crippen LogP contribution is 2.45. The molecule has 1 aromatic rings. The summed E-state index contributed by atoms with van der Waals surface area (Å²) in [5.74, 6) is 0.168. The highest BCUT2D eigenvalue weighted by molar-refractivity contribution is 5.97. The quantitative estimate of drug-likeness (QED) is 0.863. The molecule has 1 aromatic carbocycles. The average molecular weight is 267 g/mol. The summed E-state index contributed by atoms with van der Waals surface area (Å²) in [4.78, 5) is 11.9. The first-order chi connectivity index (χ1) is 8.17. The van der Waals surface area contributed by atoms with Crippen LogP contribution < -0.4 is 10.6 Å². The van der Waals surface area contributed by atoms with E-state index in [1.165, 1.54) is 17.7 Å². The zero-order valence-electron chi connectivity index (χ0n) is 10.6. The van der Waals surface area contributed by atoms with Crippen molar-refractivity contribution in [1.82, 2.24) is 0 Å². The SMILES string of the molecule is CC1(C(=O)Nc2ccc3c(c2)CCCN3)CC1.Cl. The molecular formula is C14H19ClN2O. The molecule has 1 aliphatic heterocycles. The fourth-order valence-electron chi connectivity index (χ4n) is 2.25. The van der Waals surface area contributed by atoms with E-state index in [2.05, 4.69) is 22.8 Å². The van der Waals surface area contributed by atoms with E-state index < -0.39 is 0 Å². The van der Waals surface area contributed by atoms with Crippen molar-refractivity contribution in [2.45, 2.75) is 32.6 Å².